The van der Waals surface area contributed by atoms with Crippen LogP contribution in [0.1, 0.15) is 5.82 Å². The number of hydrogen-bond donors (Lipinski definition) is 1. The standard InChI is InChI=1S/C13H11BrN4O/c14-11-3-1-2-10-9(11)4-6-15-13(10)16-7-5-12-17-8-19-18-12/h1-4,6,8H,5,7H2,(H,15,16). The van der Waals surface area contributed by atoms with Gasteiger partial charge in [0.1, 0.15) is 5.82 Å². The Morgan fingerprint density at radius 1 is 1.16 bits per heavy atom. The Balaban J connectivity index is 1.79. The summed E-state index contributed by atoms with van der Waals surface area (Å²) < 4.78 is 5.76. The van der Waals surface area contributed by atoms with Gasteiger partial charge in [0, 0.05) is 34.4 Å². The topological polar surface area (TPSA) is 63.8 Å². The van der Waals surface area contributed by atoms with E-state index in [-0.39, 0.29) is 0 Å². The van der Waals surface area contributed by atoms with Gasteiger partial charge in [-0.3, -0.25) is 0 Å². The number of rotatable bonds is 4. The Labute approximate surface area is 118 Å². The van der Waals surface area contributed by atoms with Gasteiger partial charge in [0.2, 0.25) is 6.39 Å². The maximum absolute atomic E-state index is 4.69. The second-order valence-electron chi connectivity index (χ2n) is 4.02. The smallest absolute Gasteiger partial charge is 0.213 e. The van der Waals surface area contributed by atoms with Crippen LogP contribution < -0.4 is 5.32 Å². The number of benzene rings is 1. The first-order valence-electron chi connectivity index (χ1n) is 5.87. The van der Waals surface area contributed by atoms with Crippen molar-refractivity contribution in [3.63, 3.8) is 0 Å². The zero-order chi connectivity index (χ0) is 13.1. The Morgan fingerprint density at radius 2 is 2.11 bits per heavy atom. The molecule has 0 unspecified atom stereocenters. The number of halogens is 1. The Hall–Kier alpha value is -1.95. The molecule has 2 aromatic heterocycles. The van der Waals surface area contributed by atoms with E-state index in [1.54, 1.807) is 6.20 Å². The minimum absolute atomic E-state index is 0.689. The lowest BCUT2D eigenvalue weighted by atomic mass is 10.1. The molecule has 96 valence electrons. The maximum Gasteiger partial charge on any atom is 0.213 e. The summed E-state index contributed by atoms with van der Waals surface area (Å²) in [7, 11) is 0. The molecule has 0 aliphatic rings. The summed E-state index contributed by atoms with van der Waals surface area (Å²) in [6, 6.07) is 8.05. The molecule has 6 heteroatoms. The lowest BCUT2D eigenvalue weighted by Crippen LogP contribution is -2.07. The van der Waals surface area contributed by atoms with Crippen LogP contribution in [0.3, 0.4) is 0 Å². The van der Waals surface area contributed by atoms with Crippen LogP contribution in [0.2, 0.25) is 0 Å². The lowest BCUT2D eigenvalue weighted by molar-refractivity contribution is 0.410. The third-order valence-corrected chi connectivity index (χ3v) is 3.49. The van der Waals surface area contributed by atoms with E-state index < -0.39 is 0 Å². The molecule has 0 bridgehead atoms. The second kappa shape index (κ2) is 5.36. The summed E-state index contributed by atoms with van der Waals surface area (Å²) in [5, 5.41) is 9.30. The molecule has 0 radical (unpaired) electrons. The number of hydrogen-bond acceptors (Lipinski definition) is 5. The van der Waals surface area contributed by atoms with Crippen molar-refractivity contribution in [1.82, 2.24) is 15.1 Å². The molecule has 1 aromatic carbocycles. The van der Waals surface area contributed by atoms with Crippen LogP contribution in [0.25, 0.3) is 10.8 Å². The van der Waals surface area contributed by atoms with Crippen LogP contribution in [0.15, 0.2) is 45.9 Å². The highest BCUT2D eigenvalue weighted by atomic mass is 79.9. The van der Waals surface area contributed by atoms with Gasteiger partial charge < -0.3 is 9.84 Å². The first-order valence-corrected chi connectivity index (χ1v) is 6.66. The van der Waals surface area contributed by atoms with E-state index in [1.165, 1.54) is 6.39 Å². The van der Waals surface area contributed by atoms with Crippen LogP contribution in [0.4, 0.5) is 5.82 Å². The van der Waals surface area contributed by atoms with Crippen LogP contribution in [-0.2, 0) is 6.42 Å². The molecule has 3 rings (SSSR count). The summed E-state index contributed by atoms with van der Waals surface area (Å²) in [4.78, 5) is 8.35. The number of fused-ring (bicyclic) bond motifs is 1. The van der Waals surface area contributed by atoms with E-state index in [1.807, 2.05) is 24.3 Å². The Morgan fingerprint density at radius 3 is 2.95 bits per heavy atom. The first-order chi connectivity index (χ1) is 9.34. The molecule has 0 spiro atoms. The van der Waals surface area contributed by atoms with Gasteiger partial charge in [0.05, 0.1) is 0 Å². The number of nitrogens with one attached hydrogen (secondary N) is 1. The van der Waals surface area contributed by atoms with Gasteiger partial charge >= 0.3 is 0 Å². The van der Waals surface area contributed by atoms with Gasteiger partial charge in [0.25, 0.3) is 0 Å². The van der Waals surface area contributed by atoms with E-state index in [0.717, 1.165) is 21.1 Å². The molecular weight excluding hydrogens is 308 g/mol. The summed E-state index contributed by atoms with van der Waals surface area (Å²) in [6.45, 7) is 0.707. The molecule has 0 fully saturated rings. The Bertz CT molecular complexity index is 684. The van der Waals surface area contributed by atoms with Gasteiger partial charge in [-0.1, -0.05) is 33.2 Å². The third-order valence-electron chi connectivity index (χ3n) is 2.80. The quantitative estimate of drug-likeness (QED) is 0.801. The van der Waals surface area contributed by atoms with Crippen LogP contribution >= 0.6 is 15.9 Å². The van der Waals surface area contributed by atoms with E-state index in [4.69, 9.17) is 4.52 Å². The highest BCUT2D eigenvalue weighted by Crippen LogP contribution is 2.27. The van der Waals surface area contributed by atoms with Crippen molar-refractivity contribution in [2.75, 3.05) is 11.9 Å². The largest absolute Gasteiger partial charge is 0.369 e. The van der Waals surface area contributed by atoms with E-state index in [0.29, 0.717) is 18.8 Å². The molecule has 19 heavy (non-hydrogen) atoms. The van der Waals surface area contributed by atoms with Crippen molar-refractivity contribution < 1.29 is 4.52 Å². The van der Waals surface area contributed by atoms with Crippen molar-refractivity contribution in [1.29, 1.82) is 0 Å². The number of pyridine rings is 1. The van der Waals surface area contributed by atoms with E-state index >= 15 is 0 Å². The number of aromatic nitrogens is 3. The minimum Gasteiger partial charge on any atom is -0.369 e. The zero-order valence-electron chi connectivity index (χ0n) is 10.0. The molecule has 0 atom stereocenters. The summed E-state index contributed by atoms with van der Waals surface area (Å²) in [5.74, 6) is 1.55. The zero-order valence-corrected chi connectivity index (χ0v) is 11.6. The van der Waals surface area contributed by atoms with Crippen molar-refractivity contribution in [2.45, 2.75) is 6.42 Å². The molecule has 0 saturated heterocycles. The highest BCUT2D eigenvalue weighted by molar-refractivity contribution is 9.10. The second-order valence-corrected chi connectivity index (χ2v) is 4.87. The molecule has 0 aliphatic carbocycles. The SMILES string of the molecule is Brc1cccc2c(NCCc3ncon3)nccc12. The average molecular weight is 319 g/mol. The fourth-order valence-corrected chi connectivity index (χ4v) is 2.40. The van der Waals surface area contributed by atoms with Crippen molar-refractivity contribution >= 4 is 32.5 Å². The van der Waals surface area contributed by atoms with Crippen molar-refractivity contribution in [2.24, 2.45) is 0 Å². The molecule has 5 nitrogen and oxygen atoms in total. The fourth-order valence-electron chi connectivity index (χ4n) is 1.90. The first kappa shape index (κ1) is 12.1. The van der Waals surface area contributed by atoms with Gasteiger partial charge in [-0.15, -0.1) is 0 Å². The molecule has 0 amide bonds. The molecule has 0 saturated carbocycles. The third kappa shape index (κ3) is 2.58. The van der Waals surface area contributed by atoms with Gasteiger partial charge in [-0.25, -0.2) is 4.98 Å². The normalized spacial score (nSPS) is 10.8. The molecule has 2 heterocycles. The minimum atomic E-state index is 0.689. The monoisotopic (exact) mass is 318 g/mol. The summed E-state index contributed by atoms with van der Waals surface area (Å²) in [5.41, 5.74) is 0. The van der Waals surface area contributed by atoms with Gasteiger partial charge in [-0.2, -0.15) is 4.98 Å². The molecule has 1 N–H and O–H groups in total. The maximum atomic E-state index is 4.69. The fraction of sp³-hybridized carbons (Fsp3) is 0.154. The summed E-state index contributed by atoms with van der Waals surface area (Å²) in [6.07, 6.45) is 3.83. The van der Waals surface area contributed by atoms with Gasteiger partial charge in [-0.05, 0) is 12.1 Å². The van der Waals surface area contributed by atoms with E-state index in [9.17, 15) is 0 Å². The summed E-state index contributed by atoms with van der Waals surface area (Å²) >= 11 is 3.54. The molecule has 3 aromatic rings. The lowest BCUT2D eigenvalue weighted by Gasteiger charge is -2.08. The van der Waals surface area contributed by atoms with Crippen LogP contribution in [-0.4, -0.2) is 21.7 Å². The van der Waals surface area contributed by atoms with Gasteiger partial charge in [0.15, 0.2) is 5.82 Å². The van der Waals surface area contributed by atoms with Crippen molar-refractivity contribution in [3.8, 4) is 0 Å². The average Bonchev–Trinajstić information content (AvgIpc) is 2.93. The van der Waals surface area contributed by atoms with Crippen molar-refractivity contribution in [3.05, 3.63) is 47.2 Å². The predicted molar refractivity (Wildman–Crippen MR) is 75.9 cm³/mol. The van der Waals surface area contributed by atoms with E-state index in [2.05, 4.69) is 36.4 Å². The Kier molecular flexibility index (Phi) is 3.41. The van der Waals surface area contributed by atoms with Crippen LogP contribution in [0.5, 0.6) is 0 Å². The number of nitrogens with zero attached hydrogens (tertiary/aromatic N) is 3. The predicted octanol–water partition coefficient (Wildman–Crippen LogP) is 3.03. The highest BCUT2D eigenvalue weighted by Gasteiger charge is 2.05. The molecule has 0 aliphatic heterocycles. The van der Waals surface area contributed by atoms with Crippen LogP contribution in [0, 0.1) is 0 Å². The number of anilines is 1. The molecular formula is C13H11BrN4O.